The molecule has 0 fully saturated rings. The molecule has 0 spiro atoms. The largest absolute Gasteiger partial charge is 0.489 e. The first-order chi connectivity index (χ1) is 14.6. The Bertz CT molecular complexity index is 917. The van der Waals surface area contributed by atoms with Crippen molar-refractivity contribution < 1.29 is 9.53 Å². The molecule has 1 atom stereocenters. The molecule has 160 valence electrons. The average molecular weight is 428 g/mol. The van der Waals surface area contributed by atoms with E-state index in [1.165, 1.54) is 11.1 Å². The van der Waals surface area contributed by atoms with E-state index in [-0.39, 0.29) is 11.9 Å². The number of fused-ring (bicyclic) bond motifs is 2. The number of benzene rings is 2. The molecule has 0 saturated heterocycles. The molecule has 2 aromatic carbocycles. The van der Waals surface area contributed by atoms with Crippen LogP contribution in [-0.2, 0) is 13.0 Å². The lowest BCUT2D eigenvalue weighted by Gasteiger charge is -2.37. The van der Waals surface area contributed by atoms with Gasteiger partial charge in [-0.15, -0.1) is 0 Å². The van der Waals surface area contributed by atoms with Gasteiger partial charge in [0.25, 0.3) is 5.91 Å². The lowest BCUT2D eigenvalue weighted by atomic mass is 9.93. The topological polar surface area (TPSA) is 44.8 Å². The van der Waals surface area contributed by atoms with Gasteiger partial charge < -0.3 is 15.0 Å². The second-order valence-corrected chi connectivity index (χ2v) is 8.67. The second-order valence-electron chi connectivity index (χ2n) is 8.23. The molecule has 30 heavy (non-hydrogen) atoms. The molecule has 0 aromatic heterocycles. The highest BCUT2D eigenvalue weighted by atomic mass is 35.5. The summed E-state index contributed by atoms with van der Waals surface area (Å²) in [6, 6.07) is 12.5. The van der Waals surface area contributed by atoms with Gasteiger partial charge in [-0.2, -0.15) is 0 Å². The first-order valence-electron chi connectivity index (χ1n) is 10.8. The van der Waals surface area contributed by atoms with Crippen LogP contribution < -0.4 is 15.0 Å². The van der Waals surface area contributed by atoms with Crippen molar-refractivity contribution in [3.63, 3.8) is 0 Å². The molecule has 0 bridgehead atoms. The number of likely N-dealkylation sites (N-methyl/N-ethyl adjacent to an activating group) is 1. The Morgan fingerprint density at radius 2 is 2.07 bits per heavy atom. The summed E-state index contributed by atoms with van der Waals surface area (Å²) in [5.41, 5.74) is 4.17. The van der Waals surface area contributed by atoms with Crippen LogP contribution in [0.25, 0.3) is 0 Å². The van der Waals surface area contributed by atoms with Gasteiger partial charge in [0, 0.05) is 31.2 Å². The number of halogens is 1. The number of nitrogens with zero attached hydrogens (tertiary/aromatic N) is 2. The first kappa shape index (κ1) is 21.0. The van der Waals surface area contributed by atoms with E-state index >= 15 is 0 Å². The highest BCUT2D eigenvalue weighted by Gasteiger charge is 2.28. The van der Waals surface area contributed by atoms with Gasteiger partial charge in [0.15, 0.2) is 5.75 Å². The van der Waals surface area contributed by atoms with Crippen molar-refractivity contribution in [1.82, 2.24) is 10.2 Å². The van der Waals surface area contributed by atoms with Crippen molar-refractivity contribution in [1.29, 1.82) is 0 Å². The quantitative estimate of drug-likeness (QED) is 0.753. The Labute approximate surface area is 184 Å². The molecule has 2 heterocycles. The van der Waals surface area contributed by atoms with E-state index in [0.717, 1.165) is 44.6 Å². The molecule has 0 saturated carbocycles. The summed E-state index contributed by atoms with van der Waals surface area (Å²) in [5, 5.41) is 3.71. The van der Waals surface area contributed by atoms with Crippen molar-refractivity contribution in [2.75, 3.05) is 38.2 Å². The number of carbonyl (C=O) groups is 1. The molecule has 6 heteroatoms. The van der Waals surface area contributed by atoms with Gasteiger partial charge in [-0.25, -0.2) is 0 Å². The van der Waals surface area contributed by atoms with Crippen LogP contribution in [0.3, 0.4) is 0 Å². The van der Waals surface area contributed by atoms with Crippen LogP contribution in [0.15, 0.2) is 36.4 Å². The number of unbranched alkanes of at least 4 members (excludes halogenated alkanes) is 1. The van der Waals surface area contributed by atoms with Gasteiger partial charge in [-0.05, 0) is 42.6 Å². The van der Waals surface area contributed by atoms with E-state index in [9.17, 15) is 4.79 Å². The zero-order valence-electron chi connectivity index (χ0n) is 17.8. The van der Waals surface area contributed by atoms with Crippen LogP contribution in [0.5, 0.6) is 5.75 Å². The number of nitrogens with one attached hydrogen (secondary N) is 1. The molecule has 2 aliphatic rings. The van der Waals surface area contributed by atoms with Crippen LogP contribution in [-0.4, -0.2) is 50.1 Å². The fourth-order valence-corrected chi connectivity index (χ4v) is 4.57. The first-order valence-corrected chi connectivity index (χ1v) is 11.2. The van der Waals surface area contributed by atoms with Crippen molar-refractivity contribution in [2.24, 2.45) is 0 Å². The van der Waals surface area contributed by atoms with E-state index in [1.54, 1.807) is 6.07 Å². The molecule has 0 radical (unpaired) electrons. The summed E-state index contributed by atoms with van der Waals surface area (Å²) in [6.45, 7) is 6.16. The fraction of sp³-hybridized carbons (Fsp3) is 0.458. The summed E-state index contributed by atoms with van der Waals surface area (Å²) in [4.78, 5) is 17.7. The van der Waals surface area contributed by atoms with Crippen LogP contribution in [0.2, 0.25) is 5.02 Å². The lowest BCUT2D eigenvalue weighted by molar-refractivity contribution is 0.0920. The van der Waals surface area contributed by atoms with Crippen LogP contribution in [0, 0.1) is 0 Å². The Hall–Kier alpha value is -2.24. The number of anilines is 1. The zero-order chi connectivity index (χ0) is 21.1. The third-order valence-electron chi connectivity index (χ3n) is 6.12. The number of hydrogen-bond acceptors (Lipinski definition) is 4. The van der Waals surface area contributed by atoms with E-state index < -0.39 is 0 Å². The maximum atomic E-state index is 13.1. The molecular formula is C24H30ClN3O2. The van der Waals surface area contributed by atoms with Crippen LogP contribution in [0.4, 0.5) is 5.69 Å². The minimum Gasteiger partial charge on any atom is -0.489 e. The van der Waals surface area contributed by atoms with Gasteiger partial charge in [0.2, 0.25) is 0 Å². The molecule has 2 aromatic rings. The number of hydrogen-bond donors (Lipinski definition) is 1. The number of ether oxygens (including phenoxy) is 1. The highest BCUT2D eigenvalue weighted by molar-refractivity contribution is 6.31. The fourth-order valence-electron chi connectivity index (χ4n) is 4.36. The summed E-state index contributed by atoms with van der Waals surface area (Å²) >= 11 is 6.31. The third kappa shape index (κ3) is 4.42. The van der Waals surface area contributed by atoms with E-state index in [2.05, 4.69) is 46.3 Å². The summed E-state index contributed by atoms with van der Waals surface area (Å²) in [6.07, 6.45) is 3.28. The SMILES string of the molecule is CCCCN1Cc2ccccc2C[C@H]1CNC(=O)c1cc(Cl)cc2c1OCCN2C. The van der Waals surface area contributed by atoms with Gasteiger partial charge in [-0.1, -0.05) is 49.2 Å². The number of carbonyl (C=O) groups excluding carboxylic acids is 1. The van der Waals surface area contributed by atoms with Gasteiger partial charge in [0.1, 0.15) is 6.61 Å². The normalized spacial score (nSPS) is 18.4. The standard InChI is InChI=1S/C24H30ClN3O2/c1-3-4-9-28-16-18-8-6-5-7-17(18)12-20(28)15-26-24(29)21-13-19(25)14-22-23(21)30-11-10-27(22)2/h5-8,13-14,20H,3-4,9-12,15-16H2,1-2H3,(H,26,29)/t20-/m0/s1. The molecule has 1 N–H and O–H groups in total. The Morgan fingerprint density at radius 1 is 1.27 bits per heavy atom. The number of amides is 1. The van der Waals surface area contributed by atoms with Crippen molar-refractivity contribution in [2.45, 2.75) is 38.8 Å². The third-order valence-corrected chi connectivity index (χ3v) is 6.34. The van der Waals surface area contributed by atoms with Crippen LogP contribution in [0.1, 0.15) is 41.3 Å². The molecular weight excluding hydrogens is 398 g/mol. The highest BCUT2D eigenvalue weighted by Crippen LogP contribution is 2.37. The summed E-state index contributed by atoms with van der Waals surface area (Å²) < 4.78 is 5.84. The predicted molar refractivity (Wildman–Crippen MR) is 122 cm³/mol. The lowest BCUT2D eigenvalue weighted by Crippen LogP contribution is -2.47. The smallest absolute Gasteiger partial charge is 0.255 e. The number of rotatable bonds is 6. The molecule has 4 rings (SSSR count). The Kier molecular flexibility index (Phi) is 6.49. The summed E-state index contributed by atoms with van der Waals surface area (Å²) in [7, 11) is 1.99. The Balaban J connectivity index is 1.50. The minimum absolute atomic E-state index is 0.127. The zero-order valence-corrected chi connectivity index (χ0v) is 18.5. The molecule has 0 aliphatic carbocycles. The predicted octanol–water partition coefficient (Wildman–Crippen LogP) is 4.13. The van der Waals surface area contributed by atoms with Gasteiger partial charge in [-0.3, -0.25) is 9.69 Å². The van der Waals surface area contributed by atoms with Crippen LogP contribution >= 0.6 is 11.6 Å². The second kappa shape index (κ2) is 9.27. The molecule has 0 unspecified atom stereocenters. The van der Waals surface area contributed by atoms with Gasteiger partial charge in [0.05, 0.1) is 17.8 Å². The van der Waals surface area contributed by atoms with Gasteiger partial charge >= 0.3 is 0 Å². The van der Waals surface area contributed by atoms with Crippen molar-refractivity contribution >= 4 is 23.2 Å². The average Bonchev–Trinajstić information content (AvgIpc) is 2.75. The molecule has 2 aliphatic heterocycles. The monoisotopic (exact) mass is 427 g/mol. The maximum absolute atomic E-state index is 13.1. The van der Waals surface area contributed by atoms with Crippen molar-refractivity contribution in [3.8, 4) is 5.75 Å². The minimum atomic E-state index is -0.127. The van der Waals surface area contributed by atoms with E-state index in [4.69, 9.17) is 16.3 Å². The summed E-state index contributed by atoms with van der Waals surface area (Å²) in [5.74, 6) is 0.501. The maximum Gasteiger partial charge on any atom is 0.255 e. The molecule has 5 nitrogen and oxygen atoms in total. The Morgan fingerprint density at radius 3 is 2.87 bits per heavy atom. The molecule has 1 amide bonds. The van der Waals surface area contributed by atoms with E-state index in [1.807, 2.05) is 13.1 Å². The van der Waals surface area contributed by atoms with Crippen molar-refractivity contribution in [3.05, 3.63) is 58.1 Å². The van der Waals surface area contributed by atoms with E-state index in [0.29, 0.717) is 29.5 Å².